The Hall–Kier alpha value is -1.62. The maximum absolute atomic E-state index is 13.8. The summed E-state index contributed by atoms with van der Waals surface area (Å²) in [6.07, 6.45) is 0. The molecule has 0 bridgehead atoms. The summed E-state index contributed by atoms with van der Waals surface area (Å²) in [6, 6.07) is 4.55. The molecule has 18 heavy (non-hydrogen) atoms. The van der Waals surface area contributed by atoms with Gasteiger partial charge < -0.3 is 15.0 Å². The van der Waals surface area contributed by atoms with E-state index in [0.29, 0.717) is 18.8 Å². The van der Waals surface area contributed by atoms with Crippen LogP contribution in [0.15, 0.2) is 18.2 Å². The van der Waals surface area contributed by atoms with Crippen LogP contribution >= 0.6 is 0 Å². The van der Waals surface area contributed by atoms with Crippen LogP contribution < -0.4 is 10.1 Å². The smallest absolute Gasteiger partial charge is 0.256 e. The van der Waals surface area contributed by atoms with Crippen molar-refractivity contribution in [3.8, 4) is 5.75 Å². The molecule has 0 spiro atoms. The summed E-state index contributed by atoms with van der Waals surface area (Å²) in [5.74, 6) is -0.383. The van der Waals surface area contributed by atoms with Crippen LogP contribution in [0.4, 0.5) is 4.39 Å². The van der Waals surface area contributed by atoms with Gasteiger partial charge in [0.25, 0.3) is 5.91 Å². The standard InChI is InChI=1S/C13H17FN2O2/c1-9-8-16(6-5-15-9)13(17)11-4-3-10(18-2)7-12(11)14/h3-4,7,9,15H,5-6,8H2,1-2H3. The van der Waals surface area contributed by atoms with E-state index in [2.05, 4.69) is 5.32 Å². The number of carbonyl (C=O) groups is 1. The van der Waals surface area contributed by atoms with Crippen molar-refractivity contribution in [1.82, 2.24) is 10.2 Å². The Morgan fingerprint density at radius 1 is 1.56 bits per heavy atom. The highest BCUT2D eigenvalue weighted by atomic mass is 19.1. The summed E-state index contributed by atoms with van der Waals surface area (Å²) < 4.78 is 18.7. The normalized spacial score (nSPS) is 19.7. The second-order valence-corrected chi connectivity index (χ2v) is 4.45. The number of amides is 1. The van der Waals surface area contributed by atoms with Crippen molar-refractivity contribution in [1.29, 1.82) is 0 Å². The van der Waals surface area contributed by atoms with E-state index in [4.69, 9.17) is 4.74 Å². The van der Waals surface area contributed by atoms with Crippen LogP contribution in [-0.2, 0) is 0 Å². The topological polar surface area (TPSA) is 41.6 Å². The number of halogens is 1. The Morgan fingerprint density at radius 3 is 2.94 bits per heavy atom. The molecular weight excluding hydrogens is 235 g/mol. The lowest BCUT2D eigenvalue weighted by Gasteiger charge is -2.32. The first kappa shape index (κ1) is 12.8. The SMILES string of the molecule is COc1ccc(C(=O)N2CCNC(C)C2)c(F)c1. The third-order valence-corrected chi connectivity index (χ3v) is 3.06. The van der Waals surface area contributed by atoms with Crippen molar-refractivity contribution in [2.45, 2.75) is 13.0 Å². The molecule has 1 atom stereocenters. The van der Waals surface area contributed by atoms with Gasteiger partial charge in [-0.3, -0.25) is 4.79 Å². The van der Waals surface area contributed by atoms with Gasteiger partial charge in [-0.15, -0.1) is 0 Å². The second-order valence-electron chi connectivity index (χ2n) is 4.45. The van der Waals surface area contributed by atoms with Crippen molar-refractivity contribution in [2.24, 2.45) is 0 Å². The van der Waals surface area contributed by atoms with E-state index in [1.807, 2.05) is 6.92 Å². The molecule has 0 radical (unpaired) electrons. The van der Waals surface area contributed by atoms with Gasteiger partial charge in [0.05, 0.1) is 12.7 Å². The van der Waals surface area contributed by atoms with E-state index in [0.717, 1.165) is 6.54 Å². The minimum atomic E-state index is -0.537. The molecular formula is C13H17FN2O2. The van der Waals surface area contributed by atoms with E-state index >= 15 is 0 Å². The quantitative estimate of drug-likeness (QED) is 0.861. The van der Waals surface area contributed by atoms with Crippen molar-refractivity contribution in [2.75, 3.05) is 26.7 Å². The van der Waals surface area contributed by atoms with E-state index in [-0.39, 0.29) is 17.5 Å². The maximum atomic E-state index is 13.8. The third-order valence-electron chi connectivity index (χ3n) is 3.06. The molecule has 1 unspecified atom stereocenters. The number of hydrogen-bond acceptors (Lipinski definition) is 3. The van der Waals surface area contributed by atoms with Crippen LogP contribution in [0.2, 0.25) is 0 Å². The van der Waals surface area contributed by atoms with Gasteiger partial charge in [-0.2, -0.15) is 0 Å². The molecule has 1 amide bonds. The number of hydrogen-bond donors (Lipinski definition) is 1. The summed E-state index contributed by atoms with van der Waals surface area (Å²) in [5.41, 5.74) is 0.102. The molecule has 2 rings (SSSR count). The van der Waals surface area contributed by atoms with Gasteiger partial charge in [0.15, 0.2) is 0 Å². The van der Waals surface area contributed by atoms with Crippen LogP contribution in [-0.4, -0.2) is 43.6 Å². The van der Waals surface area contributed by atoms with E-state index < -0.39 is 5.82 Å². The van der Waals surface area contributed by atoms with Crippen LogP contribution in [0.3, 0.4) is 0 Å². The fourth-order valence-corrected chi connectivity index (χ4v) is 2.08. The largest absolute Gasteiger partial charge is 0.497 e. The first-order valence-corrected chi connectivity index (χ1v) is 5.98. The summed E-state index contributed by atoms with van der Waals surface area (Å²) in [6.45, 7) is 3.95. The molecule has 4 nitrogen and oxygen atoms in total. The first-order chi connectivity index (χ1) is 8.61. The molecule has 1 heterocycles. The summed E-state index contributed by atoms with van der Waals surface area (Å²) >= 11 is 0. The van der Waals surface area contributed by atoms with Crippen LogP contribution in [0.5, 0.6) is 5.75 Å². The molecule has 1 aliphatic heterocycles. The monoisotopic (exact) mass is 252 g/mol. The highest BCUT2D eigenvalue weighted by Crippen LogP contribution is 2.18. The second kappa shape index (κ2) is 5.35. The molecule has 0 saturated carbocycles. The molecule has 5 heteroatoms. The lowest BCUT2D eigenvalue weighted by atomic mass is 10.1. The van der Waals surface area contributed by atoms with Crippen molar-refractivity contribution in [3.05, 3.63) is 29.6 Å². The summed E-state index contributed by atoms with van der Waals surface area (Å²) in [7, 11) is 1.47. The number of piperazine rings is 1. The zero-order chi connectivity index (χ0) is 13.1. The number of rotatable bonds is 2. The van der Waals surface area contributed by atoms with E-state index in [1.54, 1.807) is 11.0 Å². The average Bonchev–Trinajstić information content (AvgIpc) is 2.37. The Bertz CT molecular complexity index is 451. The molecule has 1 N–H and O–H groups in total. The lowest BCUT2D eigenvalue weighted by molar-refractivity contribution is 0.0704. The van der Waals surface area contributed by atoms with Gasteiger partial charge in [-0.25, -0.2) is 4.39 Å². The number of carbonyl (C=O) groups excluding carboxylic acids is 1. The highest BCUT2D eigenvalue weighted by molar-refractivity contribution is 5.94. The molecule has 0 aliphatic carbocycles. The number of nitrogens with zero attached hydrogens (tertiary/aromatic N) is 1. The average molecular weight is 252 g/mol. The van der Waals surface area contributed by atoms with Gasteiger partial charge in [0.1, 0.15) is 11.6 Å². The Labute approximate surface area is 106 Å². The maximum Gasteiger partial charge on any atom is 0.256 e. The third kappa shape index (κ3) is 2.61. The van der Waals surface area contributed by atoms with Gasteiger partial charge >= 0.3 is 0 Å². The Kier molecular flexibility index (Phi) is 3.81. The van der Waals surface area contributed by atoms with Crippen molar-refractivity contribution >= 4 is 5.91 Å². The number of methoxy groups -OCH3 is 1. The molecule has 1 aromatic rings. The van der Waals surface area contributed by atoms with Gasteiger partial charge in [0, 0.05) is 31.7 Å². The van der Waals surface area contributed by atoms with Gasteiger partial charge in [0.2, 0.25) is 0 Å². The lowest BCUT2D eigenvalue weighted by Crippen LogP contribution is -2.51. The van der Waals surface area contributed by atoms with Crippen LogP contribution in [0.1, 0.15) is 17.3 Å². The number of ether oxygens (including phenoxy) is 1. The van der Waals surface area contributed by atoms with E-state index in [1.165, 1.54) is 19.2 Å². The number of benzene rings is 1. The zero-order valence-electron chi connectivity index (χ0n) is 10.6. The van der Waals surface area contributed by atoms with Crippen LogP contribution in [0.25, 0.3) is 0 Å². The van der Waals surface area contributed by atoms with Crippen molar-refractivity contribution < 1.29 is 13.9 Å². The highest BCUT2D eigenvalue weighted by Gasteiger charge is 2.23. The molecule has 1 aromatic carbocycles. The predicted octanol–water partition coefficient (Wildman–Crippen LogP) is 1.27. The Morgan fingerprint density at radius 2 is 2.33 bits per heavy atom. The zero-order valence-corrected chi connectivity index (χ0v) is 10.6. The molecule has 1 saturated heterocycles. The van der Waals surface area contributed by atoms with Crippen molar-refractivity contribution in [3.63, 3.8) is 0 Å². The Balaban J connectivity index is 2.17. The molecule has 1 fully saturated rings. The minimum absolute atomic E-state index is 0.102. The molecule has 0 aromatic heterocycles. The number of nitrogens with one attached hydrogen (secondary N) is 1. The van der Waals surface area contributed by atoms with Gasteiger partial charge in [-0.05, 0) is 19.1 Å². The summed E-state index contributed by atoms with van der Waals surface area (Å²) in [5, 5.41) is 3.24. The minimum Gasteiger partial charge on any atom is -0.497 e. The summed E-state index contributed by atoms with van der Waals surface area (Å²) in [4.78, 5) is 13.9. The molecule has 98 valence electrons. The van der Waals surface area contributed by atoms with Gasteiger partial charge in [-0.1, -0.05) is 0 Å². The fraction of sp³-hybridized carbons (Fsp3) is 0.462. The van der Waals surface area contributed by atoms with E-state index in [9.17, 15) is 9.18 Å². The first-order valence-electron chi connectivity index (χ1n) is 5.98. The molecule has 1 aliphatic rings. The predicted molar refractivity (Wildman–Crippen MR) is 66.3 cm³/mol. The van der Waals surface area contributed by atoms with Crippen LogP contribution in [0, 0.1) is 5.82 Å². The fourth-order valence-electron chi connectivity index (χ4n) is 2.08.